The molecule has 1 N–H and O–H groups in total. The molecule has 0 aliphatic heterocycles. The lowest BCUT2D eigenvalue weighted by molar-refractivity contribution is 0.0696. The van der Waals surface area contributed by atoms with Crippen molar-refractivity contribution in [2.24, 2.45) is 0 Å². The van der Waals surface area contributed by atoms with Crippen LogP contribution in [0.1, 0.15) is 10.4 Å². The SMILES string of the molecule is O=C(O)c1cccc(OCCOc2ccc(-c3ccccc3)cc2)c1. The molecule has 0 atom stereocenters. The van der Waals surface area contributed by atoms with E-state index in [2.05, 4.69) is 12.1 Å². The fraction of sp³-hybridized carbons (Fsp3) is 0.0952. The third-order valence-corrected chi connectivity index (χ3v) is 3.66. The fourth-order valence-electron chi connectivity index (χ4n) is 2.41. The van der Waals surface area contributed by atoms with Crippen LogP contribution in [0.3, 0.4) is 0 Å². The van der Waals surface area contributed by atoms with E-state index in [9.17, 15) is 4.79 Å². The van der Waals surface area contributed by atoms with E-state index in [0.717, 1.165) is 16.9 Å². The van der Waals surface area contributed by atoms with E-state index in [4.69, 9.17) is 14.6 Å². The molecule has 4 nitrogen and oxygen atoms in total. The maximum Gasteiger partial charge on any atom is 0.335 e. The molecule has 0 aliphatic rings. The minimum Gasteiger partial charge on any atom is -0.490 e. The highest BCUT2D eigenvalue weighted by atomic mass is 16.5. The second-order valence-electron chi connectivity index (χ2n) is 5.42. The van der Waals surface area contributed by atoms with Crippen molar-refractivity contribution in [3.05, 3.63) is 84.4 Å². The molecule has 0 saturated heterocycles. The number of ether oxygens (including phenoxy) is 2. The van der Waals surface area contributed by atoms with Crippen LogP contribution in [-0.2, 0) is 0 Å². The third kappa shape index (κ3) is 4.61. The Bertz CT molecular complexity index is 826. The molecule has 0 aromatic heterocycles. The predicted octanol–water partition coefficient (Wildman–Crippen LogP) is 4.51. The van der Waals surface area contributed by atoms with Crippen molar-refractivity contribution >= 4 is 5.97 Å². The number of carboxylic acid groups (broad SMARTS) is 1. The van der Waals surface area contributed by atoms with Gasteiger partial charge in [0.25, 0.3) is 0 Å². The average molecular weight is 334 g/mol. The molecule has 0 radical (unpaired) electrons. The summed E-state index contributed by atoms with van der Waals surface area (Å²) < 4.78 is 11.2. The van der Waals surface area contributed by atoms with Crippen LogP contribution in [0, 0.1) is 0 Å². The smallest absolute Gasteiger partial charge is 0.335 e. The van der Waals surface area contributed by atoms with Crippen LogP contribution >= 0.6 is 0 Å². The maximum atomic E-state index is 10.9. The molecule has 0 spiro atoms. The molecule has 4 heteroatoms. The number of benzene rings is 3. The summed E-state index contributed by atoms with van der Waals surface area (Å²) in [5, 5.41) is 8.95. The zero-order chi connectivity index (χ0) is 17.5. The molecule has 126 valence electrons. The summed E-state index contributed by atoms with van der Waals surface area (Å²) in [5.41, 5.74) is 2.50. The lowest BCUT2D eigenvalue weighted by atomic mass is 10.1. The highest BCUT2D eigenvalue weighted by Crippen LogP contribution is 2.22. The molecule has 0 heterocycles. The number of hydrogen-bond acceptors (Lipinski definition) is 3. The van der Waals surface area contributed by atoms with Crippen LogP contribution < -0.4 is 9.47 Å². The van der Waals surface area contributed by atoms with Gasteiger partial charge in [-0.25, -0.2) is 4.79 Å². The molecular weight excluding hydrogens is 316 g/mol. The van der Waals surface area contributed by atoms with E-state index in [1.165, 1.54) is 12.1 Å². The van der Waals surface area contributed by atoms with E-state index in [-0.39, 0.29) is 5.56 Å². The molecule has 0 amide bonds. The highest BCUT2D eigenvalue weighted by molar-refractivity contribution is 5.88. The largest absolute Gasteiger partial charge is 0.490 e. The Morgan fingerprint density at radius 3 is 2.04 bits per heavy atom. The van der Waals surface area contributed by atoms with Gasteiger partial charge in [-0.2, -0.15) is 0 Å². The van der Waals surface area contributed by atoms with Gasteiger partial charge in [0.2, 0.25) is 0 Å². The number of carboxylic acids is 1. The first-order valence-electron chi connectivity index (χ1n) is 7.97. The minimum absolute atomic E-state index is 0.204. The van der Waals surface area contributed by atoms with Gasteiger partial charge in [-0.05, 0) is 41.5 Å². The maximum absolute atomic E-state index is 10.9. The lowest BCUT2D eigenvalue weighted by Gasteiger charge is -2.09. The second kappa shape index (κ2) is 8.02. The molecule has 0 fully saturated rings. The lowest BCUT2D eigenvalue weighted by Crippen LogP contribution is -2.09. The van der Waals surface area contributed by atoms with Crippen molar-refractivity contribution in [2.45, 2.75) is 0 Å². The van der Waals surface area contributed by atoms with Crippen LogP contribution in [-0.4, -0.2) is 24.3 Å². The summed E-state index contributed by atoms with van der Waals surface area (Å²) >= 11 is 0. The Balaban J connectivity index is 1.49. The van der Waals surface area contributed by atoms with Crippen LogP contribution in [0.5, 0.6) is 11.5 Å². The van der Waals surface area contributed by atoms with E-state index >= 15 is 0 Å². The molecule has 0 aliphatic carbocycles. The molecule has 25 heavy (non-hydrogen) atoms. The molecule has 0 saturated carbocycles. The van der Waals surface area contributed by atoms with Gasteiger partial charge >= 0.3 is 5.97 Å². The number of aromatic carboxylic acids is 1. The van der Waals surface area contributed by atoms with Crippen LogP contribution in [0.25, 0.3) is 11.1 Å². The van der Waals surface area contributed by atoms with Gasteiger partial charge in [-0.1, -0.05) is 48.5 Å². The van der Waals surface area contributed by atoms with E-state index in [1.54, 1.807) is 12.1 Å². The summed E-state index contributed by atoms with van der Waals surface area (Å²) in [6, 6.07) is 24.4. The molecular formula is C21H18O4. The van der Waals surface area contributed by atoms with E-state index in [0.29, 0.717) is 19.0 Å². The molecule has 3 aromatic carbocycles. The van der Waals surface area contributed by atoms with Crippen LogP contribution in [0.4, 0.5) is 0 Å². The fourth-order valence-corrected chi connectivity index (χ4v) is 2.41. The van der Waals surface area contributed by atoms with Crippen molar-refractivity contribution in [3.8, 4) is 22.6 Å². The van der Waals surface area contributed by atoms with Gasteiger partial charge in [0, 0.05) is 0 Å². The third-order valence-electron chi connectivity index (χ3n) is 3.66. The number of rotatable bonds is 7. The average Bonchev–Trinajstić information content (AvgIpc) is 2.67. The summed E-state index contributed by atoms with van der Waals surface area (Å²) in [7, 11) is 0. The van der Waals surface area contributed by atoms with E-state index < -0.39 is 5.97 Å². The molecule has 0 bridgehead atoms. The second-order valence-corrected chi connectivity index (χ2v) is 5.42. The standard InChI is InChI=1S/C21H18O4/c22-21(23)18-7-4-8-20(15-18)25-14-13-24-19-11-9-17(10-12-19)16-5-2-1-3-6-16/h1-12,15H,13-14H2,(H,22,23). The number of hydrogen-bond donors (Lipinski definition) is 1. The van der Waals surface area contributed by atoms with E-state index in [1.807, 2.05) is 42.5 Å². The Hall–Kier alpha value is -3.27. The summed E-state index contributed by atoms with van der Waals surface area (Å²) in [4.78, 5) is 10.9. The van der Waals surface area contributed by atoms with Crippen molar-refractivity contribution in [1.82, 2.24) is 0 Å². The van der Waals surface area contributed by atoms with Gasteiger partial charge in [0.15, 0.2) is 0 Å². The Morgan fingerprint density at radius 2 is 1.36 bits per heavy atom. The van der Waals surface area contributed by atoms with Gasteiger partial charge in [0.05, 0.1) is 5.56 Å². The normalized spacial score (nSPS) is 10.2. The van der Waals surface area contributed by atoms with Gasteiger partial charge < -0.3 is 14.6 Å². The first-order chi connectivity index (χ1) is 12.2. The molecule has 0 unspecified atom stereocenters. The zero-order valence-electron chi connectivity index (χ0n) is 13.6. The molecule has 3 aromatic rings. The summed E-state index contributed by atoms with van der Waals surface area (Å²) in [6.45, 7) is 0.714. The van der Waals surface area contributed by atoms with Crippen molar-refractivity contribution < 1.29 is 19.4 Å². The molecule has 3 rings (SSSR count). The Morgan fingerprint density at radius 1 is 0.720 bits per heavy atom. The Labute approximate surface area is 146 Å². The van der Waals surface area contributed by atoms with Gasteiger partial charge in [-0.3, -0.25) is 0 Å². The van der Waals surface area contributed by atoms with Crippen molar-refractivity contribution in [2.75, 3.05) is 13.2 Å². The summed E-state index contributed by atoms with van der Waals surface area (Å²) in [5.74, 6) is 0.311. The van der Waals surface area contributed by atoms with Gasteiger partial charge in [0.1, 0.15) is 24.7 Å². The van der Waals surface area contributed by atoms with Crippen LogP contribution in [0.2, 0.25) is 0 Å². The van der Waals surface area contributed by atoms with Gasteiger partial charge in [-0.15, -0.1) is 0 Å². The first-order valence-corrected chi connectivity index (χ1v) is 7.97. The highest BCUT2D eigenvalue weighted by Gasteiger charge is 2.04. The monoisotopic (exact) mass is 334 g/mol. The Kier molecular flexibility index (Phi) is 5.32. The minimum atomic E-state index is -0.972. The zero-order valence-corrected chi connectivity index (χ0v) is 13.6. The van der Waals surface area contributed by atoms with Crippen LogP contribution in [0.15, 0.2) is 78.9 Å². The van der Waals surface area contributed by atoms with Crippen molar-refractivity contribution in [1.29, 1.82) is 0 Å². The predicted molar refractivity (Wildman–Crippen MR) is 96.3 cm³/mol. The topological polar surface area (TPSA) is 55.8 Å². The summed E-state index contributed by atoms with van der Waals surface area (Å²) in [6.07, 6.45) is 0. The first kappa shape index (κ1) is 16.6. The van der Waals surface area contributed by atoms with Crippen molar-refractivity contribution in [3.63, 3.8) is 0 Å². The number of carbonyl (C=O) groups is 1. The quantitative estimate of drug-likeness (QED) is 0.646.